The Hall–Kier alpha value is -2.73. The summed E-state index contributed by atoms with van der Waals surface area (Å²) < 4.78 is 2.70. The number of aromatic nitrogens is 2. The second kappa shape index (κ2) is 7.72. The van der Waals surface area contributed by atoms with Crippen molar-refractivity contribution in [3.05, 3.63) is 103 Å². The lowest BCUT2D eigenvalue weighted by Crippen LogP contribution is -2.22. The van der Waals surface area contributed by atoms with Gasteiger partial charge in [0.2, 0.25) is 0 Å². The predicted octanol–water partition coefficient (Wildman–Crippen LogP) is 5.78. The van der Waals surface area contributed by atoms with Crippen LogP contribution in [0.15, 0.2) is 71.5 Å². The maximum atomic E-state index is 13.4. The van der Waals surface area contributed by atoms with Crippen LogP contribution in [0, 0.1) is 17.4 Å². The Morgan fingerprint density at radius 2 is 1.68 bits per heavy atom. The van der Waals surface area contributed by atoms with Gasteiger partial charge in [0.25, 0.3) is 5.56 Å². The minimum atomic E-state index is -0.0585. The third kappa shape index (κ3) is 3.64. The van der Waals surface area contributed by atoms with Gasteiger partial charge < -0.3 is 0 Å². The number of benzene rings is 3. The van der Waals surface area contributed by atoms with Crippen molar-refractivity contribution in [3.63, 3.8) is 0 Å². The normalized spacial score (nSPS) is 11.4. The van der Waals surface area contributed by atoms with Gasteiger partial charge >= 0.3 is 0 Å². The molecule has 0 radical (unpaired) electrons. The van der Waals surface area contributed by atoms with E-state index in [-0.39, 0.29) is 5.56 Å². The van der Waals surface area contributed by atoms with Crippen LogP contribution >= 0.6 is 22.6 Å². The maximum absolute atomic E-state index is 13.4. The molecule has 0 spiro atoms. The summed E-state index contributed by atoms with van der Waals surface area (Å²) in [6.07, 6.45) is 3.93. The van der Waals surface area contributed by atoms with Gasteiger partial charge in [0.1, 0.15) is 5.82 Å². The van der Waals surface area contributed by atoms with Gasteiger partial charge in [-0.05, 0) is 84.0 Å². The van der Waals surface area contributed by atoms with Crippen LogP contribution in [-0.2, 0) is 0 Å². The van der Waals surface area contributed by atoms with E-state index in [2.05, 4.69) is 41.6 Å². The molecule has 0 amide bonds. The number of rotatable bonds is 3. The van der Waals surface area contributed by atoms with E-state index in [9.17, 15) is 4.79 Å². The van der Waals surface area contributed by atoms with Crippen LogP contribution in [0.25, 0.3) is 28.7 Å². The number of nitrogens with zero attached hydrogens (tertiary/aromatic N) is 2. The summed E-state index contributed by atoms with van der Waals surface area (Å²) in [5.41, 5.74) is 4.90. The fourth-order valence-electron chi connectivity index (χ4n) is 3.17. The summed E-state index contributed by atoms with van der Waals surface area (Å²) in [6.45, 7) is 4.11. The third-order valence-electron chi connectivity index (χ3n) is 4.75. The van der Waals surface area contributed by atoms with Crippen LogP contribution in [0.2, 0.25) is 0 Å². The maximum Gasteiger partial charge on any atom is 0.266 e. The zero-order chi connectivity index (χ0) is 19.7. The first kappa shape index (κ1) is 18.6. The van der Waals surface area contributed by atoms with Crippen molar-refractivity contribution in [2.24, 2.45) is 0 Å². The molecule has 3 nitrogen and oxygen atoms in total. The average Bonchev–Trinajstić information content (AvgIpc) is 2.69. The molecule has 0 bridgehead atoms. The van der Waals surface area contributed by atoms with E-state index in [1.807, 2.05) is 73.7 Å². The molecule has 1 heterocycles. The number of halogens is 1. The van der Waals surface area contributed by atoms with Crippen molar-refractivity contribution in [3.8, 4) is 5.69 Å². The molecule has 4 rings (SSSR count). The van der Waals surface area contributed by atoms with Crippen LogP contribution in [-0.4, -0.2) is 9.55 Å². The van der Waals surface area contributed by atoms with E-state index in [1.54, 1.807) is 4.57 Å². The first-order valence-electron chi connectivity index (χ1n) is 9.06. The molecule has 3 aromatic carbocycles. The molecule has 0 unspecified atom stereocenters. The lowest BCUT2D eigenvalue weighted by molar-refractivity contribution is 0.943. The third-order valence-corrected chi connectivity index (χ3v) is 5.42. The Kier molecular flexibility index (Phi) is 5.13. The van der Waals surface area contributed by atoms with Crippen molar-refractivity contribution in [1.82, 2.24) is 9.55 Å². The first-order valence-corrected chi connectivity index (χ1v) is 10.1. The van der Waals surface area contributed by atoms with Crippen LogP contribution in [0.1, 0.15) is 22.5 Å². The lowest BCUT2D eigenvalue weighted by Gasteiger charge is -2.12. The molecule has 0 aliphatic carbocycles. The van der Waals surface area contributed by atoms with Crippen LogP contribution in [0.4, 0.5) is 0 Å². The summed E-state index contributed by atoms with van der Waals surface area (Å²) in [4.78, 5) is 18.1. The highest BCUT2D eigenvalue weighted by molar-refractivity contribution is 14.1. The molecule has 28 heavy (non-hydrogen) atoms. The highest BCUT2D eigenvalue weighted by Crippen LogP contribution is 2.18. The monoisotopic (exact) mass is 478 g/mol. The van der Waals surface area contributed by atoms with Gasteiger partial charge in [-0.15, -0.1) is 0 Å². The number of aryl methyl sites for hydroxylation is 2. The van der Waals surface area contributed by atoms with Crippen molar-refractivity contribution < 1.29 is 0 Å². The summed E-state index contributed by atoms with van der Waals surface area (Å²) in [5.74, 6) is 0.616. The minimum absolute atomic E-state index is 0.0585. The quantitative estimate of drug-likeness (QED) is 0.350. The van der Waals surface area contributed by atoms with E-state index in [4.69, 9.17) is 4.98 Å². The van der Waals surface area contributed by atoms with Gasteiger partial charge in [-0.3, -0.25) is 9.36 Å². The molecule has 0 N–H and O–H groups in total. The van der Waals surface area contributed by atoms with Crippen molar-refractivity contribution in [2.75, 3.05) is 0 Å². The number of hydrogen-bond donors (Lipinski definition) is 0. The highest BCUT2D eigenvalue weighted by atomic mass is 127. The minimum Gasteiger partial charge on any atom is -0.268 e. The molecule has 0 atom stereocenters. The van der Waals surface area contributed by atoms with Crippen LogP contribution < -0.4 is 5.56 Å². The summed E-state index contributed by atoms with van der Waals surface area (Å²) in [5, 5.41) is 0.625. The van der Waals surface area contributed by atoms with Gasteiger partial charge in [-0.2, -0.15) is 0 Å². The Balaban J connectivity index is 1.97. The number of fused-ring (bicyclic) bond motifs is 1. The van der Waals surface area contributed by atoms with E-state index >= 15 is 0 Å². The highest BCUT2D eigenvalue weighted by Gasteiger charge is 2.11. The Labute approximate surface area is 177 Å². The zero-order valence-corrected chi connectivity index (χ0v) is 17.8. The summed E-state index contributed by atoms with van der Waals surface area (Å²) in [6, 6.07) is 21.9. The average molecular weight is 478 g/mol. The molecule has 0 saturated heterocycles. The first-order chi connectivity index (χ1) is 13.5. The second-order valence-corrected chi connectivity index (χ2v) is 8.04. The Bertz CT molecular complexity index is 1250. The molecular formula is C24H19IN2O. The largest absolute Gasteiger partial charge is 0.268 e. The summed E-state index contributed by atoms with van der Waals surface area (Å²) >= 11 is 2.22. The van der Waals surface area contributed by atoms with Gasteiger partial charge in [0.05, 0.1) is 16.6 Å². The molecular weight excluding hydrogens is 459 g/mol. The predicted molar refractivity (Wildman–Crippen MR) is 125 cm³/mol. The molecule has 0 aliphatic rings. The van der Waals surface area contributed by atoms with Gasteiger partial charge in [-0.25, -0.2) is 4.98 Å². The lowest BCUT2D eigenvalue weighted by atomic mass is 10.1. The molecule has 0 aliphatic heterocycles. The van der Waals surface area contributed by atoms with Crippen molar-refractivity contribution >= 4 is 45.6 Å². The Morgan fingerprint density at radius 3 is 2.43 bits per heavy atom. The Morgan fingerprint density at radius 1 is 0.929 bits per heavy atom. The molecule has 1 aromatic heterocycles. The van der Waals surface area contributed by atoms with Gasteiger partial charge in [-0.1, -0.05) is 48.0 Å². The second-order valence-electron chi connectivity index (χ2n) is 6.80. The van der Waals surface area contributed by atoms with E-state index in [0.29, 0.717) is 16.7 Å². The molecule has 4 heteroatoms. The van der Waals surface area contributed by atoms with Crippen LogP contribution in [0.5, 0.6) is 0 Å². The molecule has 0 fully saturated rings. The van der Waals surface area contributed by atoms with Gasteiger partial charge in [0.15, 0.2) is 0 Å². The number of hydrogen-bond acceptors (Lipinski definition) is 2. The van der Waals surface area contributed by atoms with E-state index in [0.717, 1.165) is 20.4 Å². The van der Waals surface area contributed by atoms with Crippen LogP contribution in [0.3, 0.4) is 0 Å². The molecule has 138 valence electrons. The summed E-state index contributed by atoms with van der Waals surface area (Å²) in [7, 11) is 0. The van der Waals surface area contributed by atoms with Crippen molar-refractivity contribution in [2.45, 2.75) is 13.8 Å². The zero-order valence-electron chi connectivity index (χ0n) is 15.7. The van der Waals surface area contributed by atoms with E-state index in [1.165, 1.54) is 5.56 Å². The molecule has 4 aromatic rings. The van der Waals surface area contributed by atoms with E-state index < -0.39 is 0 Å². The van der Waals surface area contributed by atoms with Gasteiger partial charge in [0, 0.05) is 3.57 Å². The fourth-order valence-corrected chi connectivity index (χ4v) is 3.66. The standard InChI is InChI=1S/C24H19IN2O/c1-16-7-11-20(12-8-16)27-23(14-9-18-6-4-3-5-17(18)2)26-22-13-10-19(25)15-21(22)24(27)28/h3-15H,1-2H3. The smallest absolute Gasteiger partial charge is 0.266 e. The van der Waals surface area contributed by atoms with Crippen molar-refractivity contribution in [1.29, 1.82) is 0 Å². The fraction of sp³-hybridized carbons (Fsp3) is 0.0833. The SMILES string of the molecule is Cc1ccc(-n2c(C=Cc3ccccc3C)nc3ccc(I)cc3c2=O)cc1. The topological polar surface area (TPSA) is 34.9 Å². The molecule has 0 saturated carbocycles.